The molecule has 2 unspecified atom stereocenters. The Morgan fingerprint density at radius 1 is 1.08 bits per heavy atom. The van der Waals surface area contributed by atoms with E-state index in [1.807, 2.05) is 68.1 Å². The molecule has 9 heteroatoms. The van der Waals surface area contributed by atoms with E-state index in [9.17, 15) is 14.4 Å². The van der Waals surface area contributed by atoms with Crippen LogP contribution in [0.3, 0.4) is 0 Å². The molecule has 2 heterocycles. The number of rotatable bonds is 3. The minimum absolute atomic E-state index is 0.0199. The smallest absolute Gasteiger partial charge is 0.358 e. The second kappa shape index (κ2) is 9.93. The zero-order valence-corrected chi connectivity index (χ0v) is 21.1. The predicted molar refractivity (Wildman–Crippen MR) is 138 cm³/mol. The Hall–Kier alpha value is -4.79. The van der Waals surface area contributed by atoms with Gasteiger partial charge in [-0.05, 0) is 45.5 Å². The van der Waals surface area contributed by atoms with Gasteiger partial charge < -0.3 is 5.11 Å². The van der Waals surface area contributed by atoms with Crippen molar-refractivity contribution in [1.29, 1.82) is 0 Å². The highest BCUT2D eigenvalue weighted by Crippen LogP contribution is 2.30. The summed E-state index contributed by atoms with van der Waals surface area (Å²) >= 11 is 0. The molecule has 38 heavy (non-hydrogen) atoms. The van der Waals surface area contributed by atoms with Crippen LogP contribution in [0.25, 0.3) is 12.2 Å². The van der Waals surface area contributed by atoms with Crippen LogP contribution in [0.1, 0.15) is 50.6 Å². The third-order valence-electron chi connectivity index (χ3n) is 6.91. The number of aryl methyl sites for hydroxylation is 2. The fourth-order valence-electron chi connectivity index (χ4n) is 5.03. The number of hydrogen-bond acceptors (Lipinski definition) is 7. The van der Waals surface area contributed by atoms with E-state index < -0.39 is 5.97 Å². The van der Waals surface area contributed by atoms with Gasteiger partial charge in [0.1, 0.15) is 12.1 Å². The number of aromatic carboxylic acids is 1. The fourth-order valence-corrected chi connectivity index (χ4v) is 5.03. The first kappa shape index (κ1) is 24.9. The van der Waals surface area contributed by atoms with Gasteiger partial charge in [0, 0.05) is 30.6 Å². The van der Waals surface area contributed by atoms with E-state index in [1.54, 1.807) is 6.08 Å². The Bertz CT molecular complexity index is 1790. The molecule has 0 amide bonds. The van der Waals surface area contributed by atoms with Gasteiger partial charge in [0.25, 0.3) is 0 Å². The first-order valence-electron chi connectivity index (χ1n) is 12.1. The van der Waals surface area contributed by atoms with Crippen molar-refractivity contribution in [3.63, 3.8) is 0 Å². The molecule has 2 atom stereocenters. The number of carbonyl (C=O) groups is 3. The van der Waals surface area contributed by atoms with Gasteiger partial charge in [0.2, 0.25) is 0 Å². The summed E-state index contributed by atoms with van der Waals surface area (Å²) in [7, 11) is 1.91. The van der Waals surface area contributed by atoms with Crippen molar-refractivity contribution in [2.24, 2.45) is 13.0 Å². The lowest BCUT2D eigenvalue weighted by Crippen LogP contribution is -2.35. The zero-order chi connectivity index (χ0) is 27.0. The maximum Gasteiger partial charge on any atom is 0.358 e. The van der Waals surface area contributed by atoms with Gasteiger partial charge in [-0.25, -0.2) is 9.78 Å². The molecule has 4 aromatic rings. The standard InChI is InChI=1S/C25H22N2O2.C4H3N3O2/c1-14-10-17-8-9-20-19-7-5-4-6-16(19)12-22(28)24(20)23(17)21(25(14)29)13-18-11-15(2)27(3)26-18;8-4(9)3-1-5-2-6-7-3/h4-12,14,21H,13H2,1-3H3;1-2H,(H,8,9). The molecule has 2 aliphatic carbocycles. The number of carboxylic acids is 1. The van der Waals surface area contributed by atoms with E-state index in [1.165, 1.54) is 6.33 Å². The molecule has 9 nitrogen and oxygen atoms in total. The molecule has 190 valence electrons. The largest absolute Gasteiger partial charge is 0.476 e. The van der Waals surface area contributed by atoms with Crippen LogP contribution in [-0.4, -0.2) is 47.6 Å². The number of nitrogens with zero attached hydrogens (tertiary/aromatic N) is 5. The normalized spacial score (nSPS) is 17.1. The topological polar surface area (TPSA) is 128 Å². The predicted octanol–water partition coefficient (Wildman–Crippen LogP) is 1.89. The Balaban J connectivity index is 0.000000278. The van der Waals surface area contributed by atoms with E-state index in [2.05, 4.69) is 26.3 Å². The first-order chi connectivity index (χ1) is 18.2. The highest BCUT2D eigenvalue weighted by atomic mass is 16.4. The summed E-state index contributed by atoms with van der Waals surface area (Å²) in [5.41, 5.74) is 3.34. The summed E-state index contributed by atoms with van der Waals surface area (Å²) in [5.74, 6) is -1.52. The summed E-state index contributed by atoms with van der Waals surface area (Å²) < 4.78 is 1.83. The quantitative estimate of drug-likeness (QED) is 0.445. The summed E-state index contributed by atoms with van der Waals surface area (Å²) in [4.78, 5) is 39.9. The van der Waals surface area contributed by atoms with Crippen molar-refractivity contribution in [3.8, 4) is 0 Å². The molecule has 0 aliphatic heterocycles. The zero-order valence-electron chi connectivity index (χ0n) is 21.1. The Morgan fingerprint density at radius 2 is 1.87 bits per heavy atom. The lowest BCUT2D eigenvalue weighted by molar-refractivity contribution is -0.122. The second-order valence-electron chi connectivity index (χ2n) is 9.40. The second-order valence-corrected chi connectivity index (χ2v) is 9.40. The van der Waals surface area contributed by atoms with Gasteiger partial charge in [0.05, 0.1) is 17.8 Å². The number of aromatic nitrogens is 5. The molecule has 0 bridgehead atoms. The van der Waals surface area contributed by atoms with E-state index in [0.717, 1.165) is 44.0 Å². The average molecular weight is 508 g/mol. The number of Topliss-reactive ketones (excluding diaryl/α,β-unsaturated/α-hetero) is 2. The van der Waals surface area contributed by atoms with Crippen LogP contribution in [0.15, 0.2) is 55.0 Å². The number of carboxylic acid groups (broad SMARTS) is 1. The lowest BCUT2D eigenvalue weighted by Gasteiger charge is -2.26. The average Bonchev–Trinajstić information content (AvgIpc) is 3.23. The number of ketones is 2. The maximum absolute atomic E-state index is 13.2. The molecular formula is C29H25N5O4. The minimum atomic E-state index is -1.12. The van der Waals surface area contributed by atoms with E-state index in [4.69, 9.17) is 5.11 Å². The number of carbonyl (C=O) groups excluding carboxylic acids is 2. The third kappa shape index (κ3) is 4.54. The summed E-state index contributed by atoms with van der Waals surface area (Å²) in [6, 6.07) is 14.0. The minimum Gasteiger partial charge on any atom is -0.476 e. The molecule has 6 rings (SSSR count). The SMILES string of the molecule is Cc1cc(CC2C(=O)C(C)C=c3ccc4c(c32)C(=O)C=c2ccccc2=4)nn1C.O=C(O)c1cncnn1. The van der Waals surface area contributed by atoms with Gasteiger partial charge in [-0.2, -0.15) is 5.10 Å². The molecule has 1 N–H and O–H groups in total. The number of fused-ring (bicyclic) bond motifs is 4. The third-order valence-corrected chi connectivity index (χ3v) is 6.91. The number of hydrogen-bond donors (Lipinski definition) is 1. The van der Waals surface area contributed by atoms with Crippen molar-refractivity contribution in [2.45, 2.75) is 26.2 Å². The van der Waals surface area contributed by atoms with Crippen LogP contribution in [-0.2, 0) is 18.3 Å². The first-order valence-corrected chi connectivity index (χ1v) is 12.1. The molecule has 0 saturated heterocycles. The van der Waals surface area contributed by atoms with Gasteiger partial charge in [-0.1, -0.05) is 49.4 Å². The van der Waals surface area contributed by atoms with Gasteiger partial charge in [-0.3, -0.25) is 14.3 Å². The Kier molecular flexibility index (Phi) is 6.50. The summed E-state index contributed by atoms with van der Waals surface area (Å²) in [5, 5.41) is 23.2. The number of benzene rings is 2. The van der Waals surface area contributed by atoms with Crippen LogP contribution in [0.5, 0.6) is 0 Å². The lowest BCUT2D eigenvalue weighted by atomic mass is 9.75. The van der Waals surface area contributed by atoms with Crippen molar-refractivity contribution in [3.05, 3.63) is 104 Å². The Morgan fingerprint density at radius 3 is 2.53 bits per heavy atom. The molecule has 0 spiro atoms. The van der Waals surface area contributed by atoms with Gasteiger partial charge in [-0.15, -0.1) is 10.2 Å². The van der Waals surface area contributed by atoms with Crippen molar-refractivity contribution in [2.75, 3.05) is 0 Å². The van der Waals surface area contributed by atoms with Crippen LogP contribution < -0.4 is 10.4 Å². The fraction of sp³-hybridized carbons (Fsp3) is 0.207. The van der Waals surface area contributed by atoms with E-state index in [-0.39, 0.29) is 29.1 Å². The molecule has 2 aromatic carbocycles. The van der Waals surface area contributed by atoms with Crippen LogP contribution in [0.2, 0.25) is 0 Å². The molecule has 2 aromatic heterocycles. The molecule has 0 radical (unpaired) electrons. The maximum atomic E-state index is 13.2. The highest BCUT2D eigenvalue weighted by Gasteiger charge is 2.33. The monoisotopic (exact) mass is 507 g/mol. The summed E-state index contributed by atoms with van der Waals surface area (Å²) in [6.45, 7) is 3.94. The van der Waals surface area contributed by atoms with E-state index >= 15 is 0 Å². The molecule has 0 saturated carbocycles. The van der Waals surface area contributed by atoms with Crippen LogP contribution in [0, 0.1) is 23.3 Å². The van der Waals surface area contributed by atoms with Crippen molar-refractivity contribution >= 4 is 29.7 Å². The van der Waals surface area contributed by atoms with Gasteiger partial charge >= 0.3 is 5.97 Å². The van der Waals surface area contributed by atoms with Gasteiger partial charge in [0.15, 0.2) is 11.5 Å². The van der Waals surface area contributed by atoms with Crippen LogP contribution in [0.4, 0.5) is 0 Å². The molecule has 2 aliphatic rings. The Labute approximate surface area is 217 Å². The molecule has 0 fully saturated rings. The molecular weight excluding hydrogens is 482 g/mol. The van der Waals surface area contributed by atoms with Crippen molar-refractivity contribution in [1.82, 2.24) is 25.0 Å². The summed E-state index contributed by atoms with van der Waals surface area (Å²) in [6.07, 6.45) is 6.51. The van der Waals surface area contributed by atoms with Crippen LogP contribution >= 0.6 is 0 Å². The van der Waals surface area contributed by atoms with Crippen molar-refractivity contribution < 1.29 is 19.5 Å². The highest BCUT2D eigenvalue weighted by molar-refractivity contribution is 6.19. The van der Waals surface area contributed by atoms with E-state index in [0.29, 0.717) is 12.0 Å².